The van der Waals surface area contributed by atoms with Crippen LogP contribution in [-0.4, -0.2) is 15.5 Å². The third-order valence-corrected chi connectivity index (χ3v) is 5.34. The Labute approximate surface area is 132 Å². The summed E-state index contributed by atoms with van der Waals surface area (Å²) in [5.74, 6) is 0.546. The van der Waals surface area contributed by atoms with Gasteiger partial charge in [0, 0.05) is 11.8 Å². The Morgan fingerprint density at radius 3 is 2.52 bits per heavy atom. The zero-order chi connectivity index (χ0) is 15.6. The van der Waals surface area contributed by atoms with Crippen LogP contribution >= 0.6 is 15.9 Å². The van der Waals surface area contributed by atoms with Crippen LogP contribution in [0.5, 0.6) is 0 Å². The normalized spacial score (nSPS) is 11.6. The van der Waals surface area contributed by atoms with Crippen molar-refractivity contribution in [1.82, 2.24) is 5.32 Å². The molecule has 21 heavy (non-hydrogen) atoms. The van der Waals surface area contributed by atoms with Gasteiger partial charge in [0.15, 0.2) is 4.67 Å². The van der Waals surface area contributed by atoms with Crippen molar-refractivity contribution in [3.63, 3.8) is 0 Å². The van der Waals surface area contributed by atoms with E-state index in [0.717, 1.165) is 11.1 Å². The second kappa shape index (κ2) is 6.21. The van der Waals surface area contributed by atoms with Gasteiger partial charge in [-0.3, -0.25) is 4.72 Å². The number of halogens is 1. The zero-order valence-corrected chi connectivity index (χ0v) is 14.4. The highest BCUT2D eigenvalue weighted by Gasteiger charge is 2.22. The molecule has 0 spiro atoms. The van der Waals surface area contributed by atoms with E-state index in [0.29, 0.717) is 18.0 Å². The number of hydrogen-bond donors (Lipinski definition) is 2. The van der Waals surface area contributed by atoms with E-state index < -0.39 is 10.0 Å². The molecule has 2 N–H and O–H groups in total. The molecule has 0 fully saturated rings. The molecule has 1 aromatic carbocycles. The molecule has 0 radical (unpaired) electrons. The van der Waals surface area contributed by atoms with Gasteiger partial charge in [0.1, 0.15) is 10.7 Å². The van der Waals surface area contributed by atoms with Gasteiger partial charge in [0.25, 0.3) is 10.0 Å². The molecular weight excluding hydrogens is 356 g/mol. The monoisotopic (exact) mass is 372 g/mol. The molecule has 2 aromatic rings. The van der Waals surface area contributed by atoms with Crippen molar-refractivity contribution in [2.24, 2.45) is 0 Å². The molecule has 5 nitrogen and oxygen atoms in total. The van der Waals surface area contributed by atoms with Crippen molar-refractivity contribution in [1.29, 1.82) is 0 Å². The van der Waals surface area contributed by atoms with Crippen molar-refractivity contribution >= 4 is 31.6 Å². The molecule has 0 aliphatic rings. The van der Waals surface area contributed by atoms with Crippen LogP contribution in [0.25, 0.3) is 0 Å². The van der Waals surface area contributed by atoms with Crippen LogP contribution in [0.2, 0.25) is 0 Å². The lowest BCUT2D eigenvalue weighted by Crippen LogP contribution is -2.13. The van der Waals surface area contributed by atoms with Crippen LogP contribution < -0.4 is 10.0 Å². The summed E-state index contributed by atoms with van der Waals surface area (Å²) in [6.07, 6.45) is 0. The zero-order valence-electron chi connectivity index (χ0n) is 12.0. The van der Waals surface area contributed by atoms with Crippen LogP contribution in [0, 0.1) is 13.8 Å². The predicted molar refractivity (Wildman–Crippen MR) is 85.9 cm³/mol. The fourth-order valence-corrected chi connectivity index (χ4v) is 3.91. The van der Waals surface area contributed by atoms with E-state index in [2.05, 4.69) is 26.0 Å². The molecule has 0 aliphatic heterocycles. The number of furan rings is 1. The Balaban J connectivity index is 2.31. The summed E-state index contributed by atoms with van der Waals surface area (Å²) in [6, 6.07) is 6.92. The molecular formula is C14H17BrN2O3S. The minimum atomic E-state index is -3.69. The quantitative estimate of drug-likeness (QED) is 0.845. The lowest BCUT2D eigenvalue weighted by molar-refractivity contribution is 0.470. The Morgan fingerprint density at radius 2 is 1.90 bits per heavy atom. The van der Waals surface area contributed by atoms with Crippen molar-refractivity contribution in [2.75, 3.05) is 11.8 Å². The van der Waals surface area contributed by atoms with E-state index in [1.54, 1.807) is 19.2 Å². The number of hydrogen-bond acceptors (Lipinski definition) is 4. The molecule has 0 aliphatic carbocycles. The second-order valence-electron chi connectivity index (χ2n) is 4.79. The number of sulfonamides is 1. The SMILES string of the molecule is CNCc1cc(S(=O)(=O)Nc2ccc(C)c(C)c2)c(Br)o1. The smallest absolute Gasteiger partial charge is 0.266 e. The second-order valence-corrected chi connectivity index (χ2v) is 7.16. The lowest BCUT2D eigenvalue weighted by atomic mass is 10.1. The maximum absolute atomic E-state index is 12.4. The number of aryl methyl sites for hydroxylation is 2. The van der Waals surface area contributed by atoms with E-state index in [1.807, 2.05) is 19.9 Å². The Morgan fingerprint density at radius 1 is 1.19 bits per heavy atom. The Kier molecular flexibility index (Phi) is 4.75. The molecule has 1 aromatic heterocycles. The molecule has 0 saturated carbocycles. The number of anilines is 1. The van der Waals surface area contributed by atoms with Gasteiger partial charge < -0.3 is 9.73 Å². The highest BCUT2D eigenvalue weighted by Crippen LogP contribution is 2.28. The van der Waals surface area contributed by atoms with E-state index >= 15 is 0 Å². The van der Waals surface area contributed by atoms with Crippen molar-refractivity contribution < 1.29 is 12.8 Å². The van der Waals surface area contributed by atoms with E-state index in [4.69, 9.17) is 4.42 Å². The highest BCUT2D eigenvalue weighted by molar-refractivity contribution is 9.10. The number of rotatable bonds is 5. The van der Waals surface area contributed by atoms with Crippen molar-refractivity contribution in [2.45, 2.75) is 25.3 Å². The standard InChI is InChI=1S/C14H17BrN2O3S/c1-9-4-5-11(6-10(9)2)17-21(18,19)13-7-12(8-16-3)20-14(13)15/h4-7,16-17H,8H2,1-3H3. The average molecular weight is 373 g/mol. The molecule has 7 heteroatoms. The van der Waals surface area contributed by atoms with Gasteiger partial charge in [-0.05, 0) is 60.1 Å². The van der Waals surface area contributed by atoms with Crippen LogP contribution in [0.15, 0.2) is 38.2 Å². The van der Waals surface area contributed by atoms with Crippen molar-refractivity contribution in [3.05, 3.63) is 45.8 Å². The fraction of sp³-hybridized carbons (Fsp3) is 0.286. The van der Waals surface area contributed by atoms with Gasteiger partial charge in [-0.1, -0.05) is 6.07 Å². The summed E-state index contributed by atoms with van der Waals surface area (Å²) in [5, 5.41) is 2.91. The third kappa shape index (κ3) is 3.66. The van der Waals surface area contributed by atoms with Gasteiger partial charge in [-0.25, -0.2) is 8.42 Å². The van der Waals surface area contributed by atoms with Crippen LogP contribution in [0.3, 0.4) is 0 Å². The summed E-state index contributed by atoms with van der Waals surface area (Å²) < 4.78 is 32.9. The Bertz CT molecular complexity index is 754. The third-order valence-electron chi connectivity index (χ3n) is 3.11. The first kappa shape index (κ1) is 16.1. The molecule has 1 heterocycles. The van der Waals surface area contributed by atoms with Crippen LogP contribution in [0.1, 0.15) is 16.9 Å². The molecule has 0 unspecified atom stereocenters. The highest BCUT2D eigenvalue weighted by atomic mass is 79.9. The van der Waals surface area contributed by atoms with Gasteiger partial charge in [-0.15, -0.1) is 0 Å². The topological polar surface area (TPSA) is 71.3 Å². The fourth-order valence-electron chi connectivity index (χ4n) is 1.86. The molecule has 0 saturated heterocycles. The van der Waals surface area contributed by atoms with E-state index in [1.165, 1.54) is 6.07 Å². The van der Waals surface area contributed by atoms with E-state index in [-0.39, 0.29) is 9.56 Å². The first-order valence-electron chi connectivity index (χ1n) is 6.36. The van der Waals surface area contributed by atoms with Crippen molar-refractivity contribution in [3.8, 4) is 0 Å². The van der Waals surface area contributed by atoms with Gasteiger partial charge in [0.05, 0.1) is 6.54 Å². The summed E-state index contributed by atoms with van der Waals surface area (Å²) in [6.45, 7) is 4.37. The first-order chi connectivity index (χ1) is 9.83. The predicted octanol–water partition coefficient (Wildman–Crippen LogP) is 3.18. The van der Waals surface area contributed by atoms with Gasteiger partial charge in [-0.2, -0.15) is 0 Å². The summed E-state index contributed by atoms with van der Waals surface area (Å²) in [7, 11) is -1.93. The molecule has 0 amide bonds. The van der Waals surface area contributed by atoms with E-state index in [9.17, 15) is 8.42 Å². The largest absolute Gasteiger partial charge is 0.451 e. The molecule has 0 atom stereocenters. The maximum Gasteiger partial charge on any atom is 0.266 e. The minimum absolute atomic E-state index is 0.0889. The summed E-state index contributed by atoms with van der Waals surface area (Å²) in [4.78, 5) is 0.0889. The average Bonchev–Trinajstić information content (AvgIpc) is 2.76. The number of benzene rings is 1. The first-order valence-corrected chi connectivity index (χ1v) is 8.64. The van der Waals surface area contributed by atoms with Gasteiger partial charge in [0.2, 0.25) is 0 Å². The van der Waals surface area contributed by atoms with Crippen LogP contribution in [0.4, 0.5) is 5.69 Å². The maximum atomic E-state index is 12.4. The Hall–Kier alpha value is -1.31. The molecule has 0 bridgehead atoms. The number of nitrogens with one attached hydrogen (secondary N) is 2. The minimum Gasteiger partial charge on any atom is -0.451 e. The molecule has 114 valence electrons. The summed E-state index contributed by atoms with van der Waals surface area (Å²) >= 11 is 3.15. The summed E-state index contributed by atoms with van der Waals surface area (Å²) in [5.41, 5.74) is 2.66. The molecule has 2 rings (SSSR count). The van der Waals surface area contributed by atoms with Gasteiger partial charge >= 0.3 is 0 Å². The lowest BCUT2D eigenvalue weighted by Gasteiger charge is -2.08. The van der Waals surface area contributed by atoms with Crippen LogP contribution in [-0.2, 0) is 16.6 Å².